The Kier molecular flexibility index (Phi) is 13.8. The van der Waals surface area contributed by atoms with Crippen molar-refractivity contribution in [2.45, 2.75) is 26.7 Å². The Balaban J connectivity index is 0. The van der Waals surface area contributed by atoms with E-state index in [0.717, 1.165) is 19.6 Å². The van der Waals surface area contributed by atoms with Gasteiger partial charge in [-0.15, -0.1) is 0 Å². The first-order valence-corrected chi connectivity index (χ1v) is 4.64. The molecule has 1 N–H and O–H groups in total. The molecule has 0 aromatic rings. The molecule has 0 aromatic heterocycles. The van der Waals surface area contributed by atoms with Gasteiger partial charge >= 0.3 is 0 Å². The molecule has 0 bridgehead atoms. The van der Waals surface area contributed by atoms with E-state index in [1.165, 1.54) is 12.8 Å². The Hall–Kier alpha value is -0.230. The smallest absolute Gasteiger partial charge is 0.104 e. The van der Waals surface area contributed by atoms with E-state index in [-0.39, 0.29) is 19.0 Å². The Morgan fingerprint density at radius 2 is 1.62 bits per heavy atom. The summed E-state index contributed by atoms with van der Waals surface area (Å²) in [6.45, 7) is 7.32. The minimum atomic E-state index is -0.0217. The number of nitrogens with zero attached hydrogens (tertiary/aromatic N) is 1. The molecule has 0 atom stereocenters. The first kappa shape index (κ1) is 15.3. The summed E-state index contributed by atoms with van der Waals surface area (Å²) in [6.07, 6.45) is 2.33. The molecule has 78 valence electrons. The molecule has 0 aliphatic carbocycles. The van der Waals surface area contributed by atoms with Crippen molar-refractivity contribution < 1.29 is 17.5 Å². The van der Waals surface area contributed by atoms with Crippen molar-refractivity contribution in [1.29, 1.82) is 0 Å². The molecule has 0 radical (unpaired) electrons. The number of aliphatic hydroxyl groups excluding tert-OH is 1. The summed E-state index contributed by atoms with van der Waals surface area (Å²) < 4.78 is 0. The highest BCUT2D eigenvalue weighted by Crippen LogP contribution is 1.92. The summed E-state index contributed by atoms with van der Waals surface area (Å²) in [4.78, 5) is 2.31. The maximum Gasteiger partial charge on any atom is 0.104 e. The molecule has 0 aliphatic rings. The van der Waals surface area contributed by atoms with Gasteiger partial charge in [0.15, 0.2) is 0 Å². The highest BCUT2D eigenvalue weighted by Gasteiger charge is 1.97. The van der Waals surface area contributed by atoms with Crippen molar-refractivity contribution in [2.75, 3.05) is 26.2 Å². The third-order valence-corrected chi connectivity index (χ3v) is 1.59. The molecule has 2 nitrogen and oxygen atoms in total. The molecular formula is C10H19ClNO-. The monoisotopic (exact) mass is 204 g/mol. The summed E-state index contributed by atoms with van der Waals surface area (Å²) >= 11 is 0. The highest BCUT2D eigenvalue weighted by atomic mass is 35.5. The maximum absolute atomic E-state index is 8.45. The molecule has 0 heterocycles. The Bertz CT molecular complexity index is 145. The zero-order valence-electron chi connectivity index (χ0n) is 8.52. The maximum atomic E-state index is 8.45. The summed E-state index contributed by atoms with van der Waals surface area (Å²) in [5.41, 5.74) is 0. The Labute approximate surface area is 87.7 Å². The quantitative estimate of drug-likeness (QED) is 0.530. The summed E-state index contributed by atoms with van der Waals surface area (Å²) in [7, 11) is 0. The van der Waals surface area contributed by atoms with Gasteiger partial charge < -0.3 is 17.5 Å². The largest absolute Gasteiger partial charge is 1.00 e. The number of hydrogen-bond donors (Lipinski definition) is 1. The predicted molar refractivity (Wildman–Crippen MR) is 51.9 cm³/mol. The SMILES string of the molecule is CCCN(CC#CCO)CCC.[Cl-]. The predicted octanol–water partition coefficient (Wildman–Crippen LogP) is -1.89. The van der Waals surface area contributed by atoms with Crippen LogP contribution in [0.25, 0.3) is 0 Å². The minimum Gasteiger partial charge on any atom is -1.00 e. The van der Waals surface area contributed by atoms with Crippen LogP contribution in [-0.2, 0) is 0 Å². The lowest BCUT2D eigenvalue weighted by Gasteiger charge is -2.17. The average Bonchev–Trinajstić information content (AvgIpc) is 2.06. The van der Waals surface area contributed by atoms with Gasteiger partial charge in [0.05, 0.1) is 6.54 Å². The fraction of sp³-hybridized carbons (Fsp3) is 0.800. The standard InChI is InChI=1S/C10H19NO.ClH/c1-3-7-11(8-4-2)9-5-6-10-12;/h12H,3-4,7-10H2,1-2H3;1H/p-1. The zero-order chi connectivity index (χ0) is 9.23. The molecule has 0 aromatic carbocycles. The van der Waals surface area contributed by atoms with Gasteiger partial charge in [-0.2, -0.15) is 0 Å². The van der Waals surface area contributed by atoms with E-state index in [9.17, 15) is 0 Å². The van der Waals surface area contributed by atoms with E-state index < -0.39 is 0 Å². The molecule has 0 spiro atoms. The van der Waals surface area contributed by atoms with Gasteiger partial charge in [-0.05, 0) is 25.9 Å². The van der Waals surface area contributed by atoms with Crippen LogP contribution in [0.2, 0.25) is 0 Å². The van der Waals surface area contributed by atoms with Gasteiger partial charge in [-0.25, -0.2) is 0 Å². The van der Waals surface area contributed by atoms with Crippen LogP contribution in [0, 0.1) is 11.8 Å². The van der Waals surface area contributed by atoms with Crippen molar-refractivity contribution in [2.24, 2.45) is 0 Å². The number of hydrogen-bond acceptors (Lipinski definition) is 2. The summed E-state index contributed by atoms with van der Waals surface area (Å²) in [5, 5.41) is 8.45. The molecule has 3 heteroatoms. The molecule has 0 saturated carbocycles. The Morgan fingerprint density at radius 3 is 2.00 bits per heavy atom. The third kappa shape index (κ3) is 9.69. The van der Waals surface area contributed by atoms with E-state index in [0.29, 0.717) is 0 Å². The van der Waals surface area contributed by atoms with Crippen LogP contribution in [0.4, 0.5) is 0 Å². The topological polar surface area (TPSA) is 23.5 Å². The fourth-order valence-corrected chi connectivity index (χ4v) is 1.13. The lowest BCUT2D eigenvalue weighted by molar-refractivity contribution is -0.00000365. The van der Waals surface area contributed by atoms with Crippen molar-refractivity contribution in [1.82, 2.24) is 4.90 Å². The highest BCUT2D eigenvalue weighted by molar-refractivity contribution is 5.00. The molecular weight excluding hydrogens is 186 g/mol. The second-order valence-electron chi connectivity index (χ2n) is 2.79. The lowest BCUT2D eigenvalue weighted by atomic mass is 10.3. The van der Waals surface area contributed by atoms with Crippen molar-refractivity contribution >= 4 is 0 Å². The van der Waals surface area contributed by atoms with Crippen molar-refractivity contribution in [3.8, 4) is 11.8 Å². The second-order valence-corrected chi connectivity index (χ2v) is 2.79. The summed E-state index contributed by atoms with van der Waals surface area (Å²) in [6, 6.07) is 0. The van der Waals surface area contributed by atoms with Crippen LogP contribution in [0.1, 0.15) is 26.7 Å². The van der Waals surface area contributed by atoms with Gasteiger partial charge in [-0.1, -0.05) is 25.7 Å². The van der Waals surface area contributed by atoms with Gasteiger partial charge in [0.1, 0.15) is 6.61 Å². The molecule has 0 aliphatic heterocycles. The second kappa shape index (κ2) is 11.8. The normalized spacial score (nSPS) is 8.92. The van der Waals surface area contributed by atoms with Crippen molar-refractivity contribution in [3.05, 3.63) is 0 Å². The Morgan fingerprint density at radius 1 is 1.08 bits per heavy atom. The van der Waals surface area contributed by atoms with Gasteiger partial charge in [-0.3, -0.25) is 4.90 Å². The zero-order valence-corrected chi connectivity index (χ0v) is 9.27. The average molecular weight is 205 g/mol. The van der Waals surface area contributed by atoms with Crippen LogP contribution in [0.5, 0.6) is 0 Å². The number of halogens is 1. The van der Waals surface area contributed by atoms with Crippen LogP contribution < -0.4 is 12.4 Å². The first-order chi connectivity index (χ1) is 5.85. The van der Waals surface area contributed by atoms with Crippen LogP contribution >= 0.6 is 0 Å². The number of rotatable bonds is 5. The van der Waals surface area contributed by atoms with Crippen LogP contribution in [0.3, 0.4) is 0 Å². The molecule has 0 rings (SSSR count). The third-order valence-electron chi connectivity index (χ3n) is 1.59. The van der Waals surface area contributed by atoms with Crippen LogP contribution in [0.15, 0.2) is 0 Å². The minimum absolute atomic E-state index is 0. The van der Waals surface area contributed by atoms with E-state index in [1.807, 2.05) is 0 Å². The van der Waals surface area contributed by atoms with E-state index in [1.54, 1.807) is 0 Å². The summed E-state index contributed by atoms with van der Waals surface area (Å²) in [5.74, 6) is 5.59. The van der Waals surface area contributed by atoms with E-state index in [4.69, 9.17) is 5.11 Å². The molecule has 13 heavy (non-hydrogen) atoms. The molecule has 0 amide bonds. The first-order valence-electron chi connectivity index (χ1n) is 4.64. The lowest BCUT2D eigenvalue weighted by Crippen LogP contribution is -3.00. The van der Waals surface area contributed by atoms with Gasteiger partial charge in [0, 0.05) is 0 Å². The van der Waals surface area contributed by atoms with E-state index >= 15 is 0 Å². The molecule has 0 unspecified atom stereocenters. The molecule has 0 saturated heterocycles. The van der Waals surface area contributed by atoms with Gasteiger partial charge in [0.2, 0.25) is 0 Å². The van der Waals surface area contributed by atoms with Gasteiger partial charge in [0.25, 0.3) is 0 Å². The molecule has 0 fully saturated rings. The van der Waals surface area contributed by atoms with Crippen molar-refractivity contribution in [3.63, 3.8) is 0 Å². The van der Waals surface area contributed by atoms with Crippen LogP contribution in [-0.4, -0.2) is 36.2 Å². The fourth-order valence-electron chi connectivity index (χ4n) is 1.13. The number of aliphatic hydroxyl groups is 1. The van der Waals surface area contributed by atoms with E-state index in [2.05, 4.69) is 30.6 Å².